The molecule has 1 aliphatic rings. The van der Waals surface area contributed by atoms with E-state index in [1.165, 1.54) is 0 Å². The van der Waals surface area contributed by atoms with E-state index in [2.05, 4.69) is 161 Å². The lowest BCUT2D eigenvalue weighted by Gasteiger charge is -2.26. The van der Waals surface area contributed by atoms with E-state index >= 15 is 0 Å². The van der Waals surface area contributed by atoms with Crippen LogP contribution in [0.3, 0.4) is 0 Å². The molecule has 0 fully saturated rings. The molecule has 56 heavy (non-hydrogen) atoms. The van der Waals surface area contributed by atoms with Crippen molar-refractivity contribution in [1.29, 1.82) is 0 Å². The highest BCUT2D eigenvalue weighted by Crippen LogP contribution is 2.39. The van der Waals surface area contributed by atoms with Crippen LogP contribution >= 0.6 is 0 Å². The fourth-order valence-corrected chi connectivity index (χ4v) is 7.36. The van der Waals surface area contributed by atoms with E-state index in [0.717, 1.165) is 91.8 Å². The Kier molecular flexibility index (Phi) is 8.54. The van der Waals surface area contributed by atoms with Crippen LogP contribution in [-0.2, 0) is 6.42 Å². The Morgan fingerprint density at radius 2 is 0.821 bits per heavy atom. The zero-order chi connectivity index (χ0) is 37.3. The van der Waals surface area contributed by atoms with E-state index in [0.29, 0.717) is 11.8 Å². The topological polar surface area (TPSA) is 58.5 Å². The van der Waals surface area contributed by atoms with Gasteiger partial charge in [0.25, 0.3) is 0 Å². The Morgan fingerprint density at radius 3 is 1.30 bits per heavy atom. The molecule has 6 heteroatoms. The third kappa shape index (κ3) is 6.43. The van der Waals surface area contributed by atoms with Gasteiger partial charge >= 0.3 is 0 Å². The van der Waals surface area contributed by atoms with Gasteiger partial charge in [-0.15, -0.1) is 0 Å². The van der Waals surface area contributed by atoms with Crippen molar-refractivity contribution < 1.29 is 8.83 Å². The lowest BCUT2D eigenvalue weighted by molar-refractivity contribution is 0.560. The van der Waals surface area contributed by atoms with Gasteiger partial charge in [0.2, 0.25) is 11.8 Å². The Morgan fingerprint density at radius 1 is 0.393 bits per heavy atom. The largest absolute Gasteiger partial charge is 0.436 e. The molecule has 0 amide bonds. The minimum absolute atomic E-state index is 0.614. The summed E-state index contributed by atoms with van der Waals surface area (Å²) in [5.74, 6) is 2.14. The Balaban J connectivity index is 0.921. The van der Waals surface area contributed by atoms with Crippen LogP contribution in [0.4, 0.5) is 34.1 Å². The van der Waals surface area contributed by atoms with Gasteiger partial charge in [-0.1, -0.05) is 78.9 Å². The normalized spacial score (nSPS) is 12.1. The molecular weight excluding hydrogens is 689 g/mol. The van der Waals surface area contributed by atoms with Crippen LogP contribution in [0.2, 0.25) is 0 Å². The van der Waals surface area contributed by atoms with Gasteiger partial charge < -0.3 is 18.6 Å². The Labute approximate surface area is 325 Å². The first-order valence-corrected chi connectivity index (χ1v) is 18.9. The van der Waals surface area contributed by atoms with Crippen molar-refractivity contribution in [1.82, 2.24) is 9.97 Å². The molecule has 6 nitrogen and oxygen atoms in total. The molecule has 1 aliphatic carbocycles. The number of aryl methyl sites for hydroxylation is 1. The molecule has 0 aliphatic heterocycles. The van der Waals surface area contributed by atoms with E-state index in [9.17, 15) is 0 Å². The lowest BCUT2D eigenvalue weighted by Crippen LogP contribution is -2.10. The molecule has 0 bridgehead atoms. The van der Waals surface area contributed by atoms with Gasteiger partial charge in [-0.25, -0.2) is 9.97 Å². The molecule has 7 aromatic carbocycles. The first-order valence-electron chi connectivity index (χ1n) is 18.9. The molecule has 268 valence electrons. The van der Waals surface area contributed by atoms with Crippen molar-refractivity contribution in [2.24, 2.45) is 0 Å². The molecule has 9 aromatic rings. The summed E-state index contributed by atoms with van der Waals surface area (Å²) < 4.78 is 12.1. The lowest BCUT2D eigenvalue weighted by atomic mass is 10.0. The van der Waals surface area contributed by atoms with Gasteiger partial charge in [0.1, 0.15) is 5.52 Å². The number of hydrogen-bond acceptors (Lipinski definition) is 6. The summed E-state index contributed by atoms with van der Waals surface area (Å²) in [6.07, 6.45) is 6.09. The number of para-hydroxylation sites is 4. The molecule has 0 N–H and O–H groups in total. The summed E-state index contributed by atoms with van der Waals surface area (Å²) in [6.45, 7) is 0. The maximum Gasteiger partial charge on any atom is 0.227 e. The second kappa shape index (κ2) is 14.4. The van der Waals surface area contributed by atoms with Crippen LogP contribution in [0.15, 0.2) is 197 Å². The third-order valence-electron chi connectivity index (χ3n) is 10.2. The molecule has 2 heterocycles. The zero-order valence-corrected chi connectivity index (χ0v) is 30.5. The summed E-state index contributed by atoms with van der Waals surface area (Å²) in [7, 11) is 0. The van der Waals surface area contributed by atoms with Gasteiger partial charge in [-0.2, -0.15) is 0 Å². The summed E-state index contributed by atoms with van der Waals surface area (Å²) in [5, 5.41) is 0. The number of rotatable bonds is 9. The van der Waals surface area contributed by atoms with Crippen LogP contribution in [0.1, 0.15) is 17.9 Å². The minimum Gasteiger partial charge on any atom is -0.436 e. The van der Waals surface area contributed by atoms with E-state index in [1.54, 1.807) is 0 Å². The predicted molar refractivity (Wildman–Crippen MR) is 227 cm³/mol. The second-order valence-electron chi connectivity index (χ2n) is 13.8. The maximum absolute atomic E-state index is 6.09. The highest BCUT2D eigenvalue weighted by atomic mass is 16.4. The molecule has 0 saturated carbocycles. The summed E-state index contributed by atoms with van der Waals surface area (Å²) in [4.78, 5) is 14.0. The fourth-order valence-electron chi connectivity index (χ4n) is 7.36. The monoisotopic (exact) mass is 724 g/mol. The number of nitrogens with zero attached hydrogens (tertiary/aromatic N) is 4. The predicted octanol–water partition coefficient (Wildman–Crippen LogP) is 13.7. The molecule has 0 unspecified atom stereocenters. The number of hydrogen-bond donors (Lipinski definition) is 0. The van der Waals surface area contributed by atoms with Gasteiger partial charge in [0.15, 0.2) is 11.3 Å². The van der Waals surface area contributed by atoms with Gasteiger partial charge in [-0.3, -0.25) is 0 Å². The molecule has 2 aromatic heterocycles. The summed E-state index contributed by atoms with van der Waals surface area (Å²) in [5.41, 5.74) is 13.2. The van der Waals surface area contributed by atoms with Crippen molar-refractivity contribution in [3.05, 3.63) is 200 Å². The van der Waals surface area contributed by atoms with Crippen molar-refractivity contribution in [3.63, 3.8) is 0 Å². The highest BCUT2D eigenvalue weighted by Gasteiger charge is 2.18. The fraction of sp³-hybridized carbons (Fsp3) is 0.0400. The molecule has 0 saturated heterocycles. The molecular formula is C50H36N4O2. The van der Waals surface area contributed by atoms with Gasteiger partial charge in [-0.05, 0) is 139 Å². The van der Waals surface area contributed by atoms with Crippen LogP contribution in [0.5, 0.6) is 0 Å². The van der Waals surface area contributed by atoms with Crippen LogP contribution in [-0.4, -0.2) is 9.97 Å². The van der Waals surface area contributed by atoms with Crippen molar-refractivity contribution >= 4 is 51.3 Å². The number of allylic oxidation sites excluding steroid dienone is 1. The molecule has 0 atom stereocenters. The SMILES string of the molecule is C1=Cc2oc(-c3ccc(N(c4ccccc4)c4ccc(-c5ccc(N(c6ccccc6)c6ccc(-c7nc8ccccc8o7)cc6)cc5)cc4)cc3)nc2CC1. The number of oxazole rings is 2. The quantitative estimate of drug-likeness (QED) is 0.148. The van der Waals surface area contributed by atoms with Crippen molar-refractivity contribution in [3.8, 4) is 34.0 Å². The standard InChI is InChI=1S/C50H36N4O2/c1-3-11-39(12-4-1)53(43-31-23-37(24-32-43)49-51-45-15-7-9-17-47(45)55-49)41-27-19-35(20-28-41)36-21-29-42(30-22-36)54(40-13-5-2-6-14-40)44-33-25-38(26-34-44)50-52-46-16-8-10-18-48(46)56-50/h1-7,9-15,17-34H,8,16H2. The van der Waals surface area contributed by atoms with Crippen molar-refractivity contribution in [2.45, 2.75) is 12.8 Å². The van der Waals surface area contributed by atoms with Gasteiger partial charge in [0, 0.05) is 45.3 Å². The first kappa shape index (κ1) is 33.2. The first-order chi connectivity index (χ1) is 27.7. The Hall–Kier alpha value is -7.44. The zero-order valence-electron chi connectivity index (χ0n) is 30.5. The summed E-state index contributed by atoms with van der Waals surface area (Å²) in [6, 6.07) is 63.1. The second-order valence-corrected chi connectivity index (χ2v) is 13.8. The number of benzene rings is 7. The smallest absolute Gasteiger partial charge is 0.227 e. The molecule has 0 radical (unpaired) electrons. The Bertz CT molecular complexity index is 2740. The van der Waals surface area contributed by atoms with E-state index in [-0.39, 0.29) is 0 Å². The van der Waals surface area contributed by atoms with E-state index < -0.39 is 0 Å². The molecule has 10 rings (SSSR count). The van der Waals surface area contributed by atoms with Crippen LogP contribution < -0.4 is 9.80 Å². The van der Waals surface area contributed by atoms with Crippen LogP contribution in [0, 0.1) is 0 Å². The number of aromatic nitrogens is 2. The van der Waals surface area contributed by atoms with Crippen molar-refractivity contribution in [2.75, 3.05) is 9.80 Å². The number of fused-ring (bicyclic) bond motifs is 2. The van der Waals surface area contributed by atoms with E-state index in [4.69, 9.17) is 18.8 Å². The van der Waals surface area contributed by atoms with Gasteiger partial charge in [0.05, 0.1) is 5.69 Å². The summed E-state index contributed by atoms with van der Waals surface area (Å²) >= 11 is 0. The van der Waals surface area contributed by atoms with E-state index in [1.807, 2.05) is 42.5 Å². The number of anilines is 6. The molecule has 0 spiro atoms. The maximum atomic E-state index is 6.09. The average Bonchev–Trinajstić information content (AvgIpc) is 3.91. The van der Waals surface area contributed by atoms with Crippen LogP contribution in [0.25, 0.3) is 51.2 Å². The third-order valence-corrected chi connectivity index (χ3v) is 10.2. The minimum atomic E-state index is 0.614. The average molecular weight is 725 g/mol. The highest BCUT2D eigenvalue weighted by molar-refractivity contribution is 5.82.